The Morgan fingerprint density at radius 1 is 0.459 bits per heavy atom. The Bertz CT molecular complexity index is 3120. The Morgan fingerprint density at radius 3 is 1.59 bits per heavy atom. The first-order valence-corrected chi connectivity index (χ1v) is 19.9. The number of hydrogen-bond donors (Lipinski definition) is 7. The van der Waals surface area contributed by atoms with Crippen molar-refractivity contribution in [3.8, 4) is 79.4 Å². The Hall–Kier alpha value is -7.98. The fraction of sp³-hybridized carbons (Fsp3) is 0.0588. The molecule has 8 aromatic carbocycles. The first-order chi connectivity index (χ1) is 29.5. The zero-order valence-corrected chi connectivity index (χ0v) is 32.8. The number of benzene rings is 8. The van der Waals surface area contributed by atoms with Crippen molar-refractivity contribution < 1.29 is 40.5 Å². The Kier molecular flexibility index (Phi) is 7.41. The van der Waals surface area contributed by atoms with Gasteiger partial charge in [-0.05, 0) is 74.6 Å². The first-order valence-electron chi connectivity index (χ1n) is 19.9. The van der Waals surface area contributed by atoms with Gasteiger partial charge in [0.15, 0.2) is 28.6 Å². The summed E-state index contributed by atoms with van der Waals surface area (Å²) in [7, 11) is 1.69. The quantitative estimate of drug-likeness (QED) is 0.0513. The van der Waals surface area contributed by atoms with Gasteiger partial charge in [-0.3, -0.25) is 0 Å². The van der Waals surface area contributed by atoms with Gasteiger partial charge in [0.05, 0.1) is 16.7 Å². The third-order valence-corrected chi connectivity index (χ3v) is 12.9. The molecule has 1 atom stereocenters. The van der Waals surface area contributed by atoms with Gasteiger partial charge in [0.25, 0.3) is 0 Å². The second-order valence-electron chi connectivity index (χ2n) is 16.0. The van der Waals surface area contributed by atoms with E-state index in [1.165, 1.54) is 4.90 Å². The highest BCUT2D eigenvalue weighted by atomic mass is 16.5. The molecule has 0 fully saturated rings. The molecule has 0 radical (unpaired) electrons. The average Bonchev–Trinajstić information content (AvgIpc) is 3.74. The summed E-state index contributed by atoms with van der Waals surface area (Å²) >= 11 is 0. The number of ether oxygens (including phenoxy) is 1. The Labute approximate surface area is 350 Å². The van der Waals surface area contributed by atoms with Gasteiger partial charge in [-0.15, -0.1) is 0 Å². The van der Waals surface area contributed by atoms with E-state index in [2.05, 4.69) is 36.4 Å². The van der Waals surface area contributed by atoms with E-state index in [1.54, 1.807) is 13.9 Å². The lowest BCUT2D eigenvalue weighted by atomic mass is 9.67. The lowest BCUT2D eigenvalue weighted by Crippen LogP contribution is -2.35. The minimum absolute atomic E-state index is 0.138. The van der Waals surface area contributed by atoms with Gasteiger partial charge in [0.1, 0.15) is 19.3 Å². The van der Waals surface area contributed by atoms with Crippen molar-refractivity contribution in [3.63, 3.8) is 0 Å². The predicted molar refractivity (Wildman–Crippen MR) is 236 cm³/mol. The van der Waals surface area contributed by atoms with Crippen molar-refractivity contribution in [2.24, 2.45) is 0 Å². The highest BCUT2D eigenvalue weighted by Gasteiger charge is 2.50. The van der Waals surface area contributed by atoms with Crippen molar-refractivity contribution >= 4 is 30.4 Å². The van der Waals surface area contributed by atoms with E-state index < -0.39 is 57.0 Å². The van der Waals surface area contributed by atoms with Crippen LogP contribution in [-0.4, -0.2) is 43.6 Å². The van der Waals surface area contributed by atoms with Gasteiger partial charge in [0, 0.05) is 16.8 Å². The number of phenolic OH excluding ortho intramolecular Hbond substituents is 7. The number of fused-ring (bicyclic) bond motifs is 8. The lowest BCUT2D eigenvalue weighted by molar-refractivity contribution is 0.135. The Morgan fingerprint density at radius 2 is 0.951 bits per heavy atom. The van der Waals surface area contributed by atoms with Crippen LogP contribution < -0.4 is 15.1 Å². The number of hydrogen-bond acceptors (Lipinski definition) is 9. The first kappa shape index (κ1) is 36.1. The Balaban J connectivity index is 1.24. The van der Waals surface area contributed by atoms with Crippen LogP contribution in [0.15, 0.2) is 146 Å². The summed E-state index contributed by atoms with van der Waals surface area (Å²) in [4.78, 5) is 1.26. The molecule has 7 N–H and O–H groups in total. The second-order valence-corrected chi connectivity index (χ2v) is 16.0. The summed E-state index contributed by atoms with van der Waals surface area (Å²) in [6.45, 7) is 1.96. The minimum Gasteiger partial charge on any atom is -0.504 e. The molecule has 0 aromatic heterocycles. The van der Waals surface area contributed by atoms with Crippen LogP contribution in [0.25, 0.3) is 33.4 Å². The number of anilines is 3. The maximum Gasteiger partial charge on any atom is 0.208 e. The van der Waals surface area contributed by atoms with E-state index >= 15 is 0 Å². The van der Waals surface area contributed by atoms with Crippen LogP contribution in [-0.2, 0) is 11.0 Å². The molecule has 0 saturated carbocycles. The minimum atomic E-state index is -1.15. The van der Waals surface area contributed by atoms with Crippen molar-refractivity contribution in [3.05, 3.63) is 179 Å². The van der Waals surface area contributed by atoms with Crippen molar-refractivity contribution in [2.45, 2.75) is 17.9 Å². The van der Waals surface area contributed by atoms with Crippen LogP contribution in [0, 0.1) is 0 Å². The number of aromatic hydroxyl groups is 7. The van der Waals surface area contributed by atoms with E-state index in [1.807, 2.05) is 110 Å². The number of rotatable bonds is 5. The molecule has 296 valence electrons. The standard InChI is InChI=1S/C51H36BNO8/c1-50-34-21-10-8-18-30(34)32-19-12-20-33(38(32)50)37-42(54)43(55)40(39(52)49(37)61-50)53(41-44(56)46(58)48(60)47(59)45(41)57)28-23-24-31-29-17-9-11-22-35(29)51(36(31)25-28,26-13-4-2-5-14-26)27-15-6-3-7-16-27/h2-25,54-60H,52H2,1H3. The third-order valence-electron chi connectivity index (χ3n) is 12.9. The second kappa shape index (κ2) is 12.5. The topological polar surface area (TPSA) is 154 Å². The smallest absolute Gasteiger partial charge is 0.208 e. The molecule has 8 aromatic rings. The van der Waals surface area contributed by atoms with Gasteiger partial charge in [-0.25, -0.2) is 0 Å². The average molecular weight is 802 g/mol. The summed E-state index contributed by atoms with van der Waals surface area (Å²) < 4.78 is 7.03. The molecule has 1 heterocycles. The van der Waals surface area contributed by atoms with Gasteiger partial charge in [0.2, 0.25) is 17.2 Å². The summed E-state index contributed by atoms with van der Waals surface area (Å²) in [5, 5.41) is 80.8. The number of nitrogens with zero attached hydrogens (tertiary/aromatic N) is 1. The summed E-state index contributed by atoms with van der Waals surface area (Å²) in [6, 6.07) is 47.4. The normalized spacial score (nSPS) is 15.8. The predicted octanol–water partition coefficient (Wildman–Crippen LogP) is 9.02. The molecule has 61 heavy (non-hydrogen) atoms. The largest absolute Gasteiger partial charge is 0.504 e. The fourth-order valence-electron chi connectivity index (χ4n) is 10.4. The summed E-state index contributed by atoms with van der Waals surface area (Å²) in [5.74, 6) is -6.32. The lowest BCUT2D eigenvalue weighted by Gasteiger charge is -2.39. The van der Waals surface area contributed by atoms with Gasteiger partial charge >= 0.3 is 0 Å². The zero-order valence-electron chi connectivity index (χ0n) is 32.8. The van der Waals surface area contributed by atoms with Crippen LogP contribution in [0.5, 0.6) is 46.0 Å². The van der Waals surface area contributed by atoms with Crippen LogP contribution in [0.2, 0.25) is 0 Å². The molecular weight excluding hydrogens is 765 g/mol. The third kappa shape index (κ3) is 4.50. The van der Waals surface area contributed by atoms with Crippen molar-refractivity contribution in [1.29, 1.82) is 0 Å². The van der Waals surface area contributed by atoms with E-state index in [4.69, 9.17) is 4.74 Å². The van der Waals surface area contributed by atoms with Crippen molar-refractivity contribution in [1.82, 2.24) is 0 Å². The van der Waals surface area contributed by atoms with Gasteiger partial charge < -0.3 is 45.4 Å². The molecule has 2 aliphatic carbocycles. The monoisotopic (exact) mass is 801 g/mol. The maximum absolute atomic E-state index is 12.4. The van der Waals surface area contributed by atoms with Crippen LogP contribution >= 0.6 is 0 Å². The molecule has 0 saturated heterocycles. The fourth-order valence-corrected chi connectivity index (χ4v) is 10.4. The zero-order chi connectivity index (χ0) is 42.1. The molecule has 10 heteroatoms. The molecule has 9 nitrogen and oxygen atoms in total. The molecule has 1 aliphatic heterocycles. The van der Waals surface area contributed by atoms with Crippen LogP contribution in [0.4, 0.5) is 17.1 Å². The van der Waals surface area contributed by atoms with Crippen LogP contribution in [0.1, 0.15) is 40.3 Å². The summed E-state index contributed by atoms with van der Waals surface area (Å²) in [5.41, 5.74) is 8.09. The van der Waals surface area contributed by atoms with Crippen LogP contribution in [0.3, 0.4) is 0 Å². The molecule has 11 rings (SSSR count). The number of phenols is 7. The molecule has 3 aliphatic rings. The van der Waals surface area contributed by atoms with Crippen molar-refractivity contribution in [2.75, 3.05) is 4.90 Å². The molecule has 0 bridgehead atoms. The highest BCUT2D eigenvalue weighted by molar-refractivity contribution is 6.40. The molecule has 1 unspecified atom stereocenters. The molecule has 0 spiro atoms. The van der Waals surface area contributed by atoms with E-state index in [-0.39, 0.29) is 22.7 Å². The van der Waals surface area contributed by atoms with Gasteiger partial charge in [-0.2, -0.15) is 0 Å². The summed E-state index contributed by atoms with van der Waals surface area (Å²) in [6.07, 6.45) is 0. The van der Waals surface area contributed by atoms with E-state index in [0.717, 1.165) is 55.6 Å². The maximum atomic E-state index is 12.4. The SMILES string of the molecule is Bc1c2c(c(O)c(O)c1N(c1ccc3c(c1)C(c1ccccc1)(c1ccccc1)c1ccccc1-3)c1c(O)c(O)c(O)c(O)c1O)-c1cccc3c1C(C)(O2)c1ccccc1-3. The van der Waals surface area contributed by atoms with E-state index in [0.29, 0.717) is 11.0 Å². The highest BCUT2D eigenvalue weighted by Crippen LogP contribution is 2.65. The van der Waals surface area contributed by atoms with Gasteiger partial charge in [-0.1, -0.05) is 133 Å². The van der Waals surface area contributed by atoms with E-state index in [9.17, 15) is 35.7 Å². The molecule has 0 amide bonds. The molecular formula is C51H36BNO8.